The average Bonchev–Trinajstić information content (AvgIpc) is 0.812. The van der Waals surface area contributed by atoms with Gasteiger partial charge in [0.05, 0.1) is 25.9 Å². The Labute approximate surface area is 561 Å². The van der Waals surface area contributed by atoms with Crippen molar-refractivity contribution in [2.24, 2.45) is 0 Å². The number of carbonyl (C=O) groups excluding carboxylic acids is 1. The Bertz CT molecular complexity index is 3730. The molecular weight excluding hydrogens is 1150 g/mol. The number of fused-ring (bicyclic) bond motifs is 2. The molecule has 1 saturated heterocycles. The van der Waals surface area contributed by atoms with Crippen molar-refractivity contribution >= 4 is 5.97 Å². The molecule has 0 saturated carbocycles. The Hall–Kier alpha value is -9.31. The molecule has 0 spiro atoms. The number of carbonyl (C=O) groups is 1. The Balaban J connectivity index is 0.819. The fourth-order valence-corrected chi connectivity index (χ4v) is 12.2. The molecule has 0 aliphatic carbocycles. The highest BCUT2D eigenvalue weighted by molar-refractivity contribution is 5.96. The van der Waals surface area contributed by atoms with Gasteiger partial charge < -0.3 is 18.9 Å². The Morgan fingerprint density at radius 2 is 0.702 bits per heavy atom. The van der Waals surface area contributed by atoms with Crippen LogP contribution in [0.5, 0.6) is 17.2 Å². The van der Waals surface area contributed by atoms with Gasteiger partial charge in [-0.2, -0.15) is 0 Å². The number of methoxy groups -OCH3 is 1. The third kappa shape index (κ3) is 22.2. The zero-order valence-corrected chi connectivity index (χ0v) is 56.0. The molecule has 479 valence electrons. The lowest BCUT2D eigenvalue weighted by molar-refractivity contribution is -0.298. The number of hydrogen-bond acceptors (Lipinski definition) is 6. The van der Waals surface area contributed by atoms with Gasteiger partial charge in [-0.05, 0) is 210 Å². The number of hydroxylamine groups is 2. The first-order chi connectivity index (χ1) is 45.9. The first kappa shape index (κ1) is 69.0. The second kappa shape index (κ2) is 36.2. The SMILES string of the molecule is COc1c2cc(C(=O)OC3CC(C)(C)N([O])C(C)(C)C3)cc1-c1ccc(cc1)C#Cc1ccc(cc1)OCCCCCCCCCCCC#Cc1ccc(cc1)C#CC#Cc1ccc(cc1)C#CCCCCCCCCCCCOc1ccc(cc1)C#Cc1ccc-2cc1. The van der Waals surface area contributed by atoms with Gasteiger partial charge in [0.15, 0.2) is 0 Å². The van der Waals surface area contributed by atoms with E-state index in [1.54, 1.807) is 7.11 Å². The highest BCUT2D eigenvalue weighted by atomic mass is 16.5. The van der Waals surface area contributed by atoms with Crippen LogP contribution in [-0.4, -0.2) is 48.5 Å². The van der Waals surface area contributed by atoms with E-state index in [1.165, 1.54) is 77.0 Å². The van der Waals surface area contributed by atoms with E-state index in [0.717, 1.165) is 135 Å². The van der Waals surface area contributed by atoms with Crippen LogP contribution in [0.25, 0.3) is 22.3 Å². The van der Waals surface area contributed by atoms with Crippen molar-refractivity contribution < 1.29 is 28.9 Å². The summed E-state index contributed by atoms with van der Waals surface area (Å²) in [5.41, 5.74) is 9.52. The first-order valence-electron chi connectivity index (χ1n) is 34.2. The van der Waals surface area contributed by atoms with Gasteiger partial charge in [-0.1, -0.05) is 173 Å². The third-order valence-electron chi connectivity index (χ3n) is 17.3. The molecule has 7 nitrogen and oxygen atoms in total. The van der Waals surface area contributed by atoms with Crippen LogP contribution < -0.4 is 14.2 Å². The number of piperidine rings is 1. The van der Waals surface area contributed by atoms with Crippen LogP contribution in [-0.2, 0) is 9.94 Å². The van der Waals surface area contributed by atoms with Gasteiger partial charge in [-0.25, -0.2) is 4.79 Å². The summed E-state index contributed by atoms with van der Waals surface area (Å²) in [7, 11) is 1.65. The second-order valence-corrected chi connectivity index (χ2v) is 26.0. The molecule has 0 aromatic heterocycles. The molecule has 1 fully saturated rings. The van der Waals surface area contributed by atoms with Crippen molar-refractivity contribution in [2.75, 3.05) is 20.3 Å². The van der Waals surface area contributed by atoms with E-state index < -0.39 is 23.2 Å². The lowest BCUT2D eigenvalue weighted by atomic mass is 9.80. The highest BCUT2D eigenvalue weighted by Crippen LogP contribution is 2.42. The smallest absolute Gasteiger partial charge is 0.338 e. The molecule has 0 atom stereocenters. The fraction of sp³-hybridized carbons (Fsp3) is 0.368. The number of ether oxygens (including phenoxy) is 4. The summed E-state index contributed by atoms with van der Waals surface area (Å²) in [4.78, 5) is 14.3. The summed E-state index contributed by atoms with van der Waals surface area (Å²) in [6.45, 7) is 9.01. The summed E-state index contributed by atoms with van der Waals surface area (Å²) < 4.78 is 24.7. The van der Waals surface area contributed by atoms with Crippen LogP contribution >= 0.6 is 0 Å². The Kier molecular flexibility index (Phi) is 26.6. The number of esters is 1. The minimum Gasteiger partial charge on any atom is -0.495 e. The van der Waals surface area contributed by atoms with E-state index in [0.29, 0.717) is 37.4 Å². The van der Waals surface area contributed by atoms with E-state index in [1.807, 2.05) is 185 Å². The van der Waals surface area contributed by atoms with Crippen LogP contribution in [0.1, 0.15) is 224 Å². The summed E-state index contributed by atoms with van der Waals surface area (Å²) in [5, 5.41) is 14.4. The highest BCUT2D eigenvalue weighted by Gasteiger charge is 2.47. The van der Waals surface area contributed by atoms with Crippen molar-refractivity contribution in [3.63, 3.8) is 0 Å². The quantitative estimate of drug-likeness (QED) is 0.130. The maximum Gasteiger partial charge on any atom is 0.338 e. The zero-order chi connectivity index (χ0) is 65.6. The maximum atomic E-state index is 14.3. The fourth-order valence-electron chi connectivity index (χ4n) is 12.2. The van der Waals surface area contributed by atoms with Crippen molar-refractivity contribution in [2.45, 2.75) is 186 Å². The van der Waals surface area contributed by atoms with E-state index in [4.69, 9.17) is 18.9 Å². The monoisotopic (exact) mass is 1240 g/mol. The third-order valence-corrected chi connectivity index (χ3v) is 17.3. The largest absolute Gasteiger partial charge is 0.495 e. The minimum absolute atomic E-state index is 0.384. The van der Waals surface area contributed by atoms with Crippen LogP contribution in [0.4, 0.5) is 0 Å². The molecule has 7 aromatic rings. The van der Waals surface area contributed by atoms with Crippen LogP contribution in [0.15, 0.2) is 158 Å². The maximum absolute atomic E-state index is 14.3. The van der Waals surface area contributed by atoms with E-state index in [2.05, 4.69) is 71.0 Å². The predicted molar refractivity (Wildman–Crippen MR) is 382 cm³/mol. The van der Waals surface area contributed by atoms with E-state index in [9.17, 15) is 10.0 Å². The average molecular weight is 1250 g/mol. The summed E-state index contributed by atoms with van der Waals surface area (Å²) >= 11 is 0. The van der Waals surface area contributed by atoms with Gasteiger partial charge >= 0.3 is 5.97 Å². The lowest BCUT2D eigenvalue weighted by Gasteiger charge is -2.49. The Morgan fingerprint density at radius 3 is 1.05 bits per heavy atom. The van der Waals surface area contributed by atoms with Gasteiger partial charge in [0.2, 0.25) is 0 Å². The van der Waals surface area contributed by atoms with Crippen molar-refractivity contribution in [3.05, 3.63) is 208 Å². The van der Waals surface area contributed by atoms with Gasteiger partial charge in [0, 0.05) is 92.4 Å². The summed E-state index contributed by atoms with van der Waals surface area (Å²) in [5.74, 6) is 40.8. The van der Waals surface area contributed by atoms with Gasteiger partial charge in [-0.15, -0.1) is 10.3 Å². The molecule has 10 aliphatic rings. The number of benzene rings is 7. The number of nitrogens with zero attached hydrogens (tertiary/aromatic N) is 1. The molecule has 17 rings (SSSR count). The van der Waals surface area contributed by atoms with Crippen molar-refractivity contribution in [1.82, 2.24) is 5.06 Å². The molecule has 10 aliphatic heterocycles. The van der Waals surface area contributed by atoms with Crippen LogP contribution in [0.3, 0.4) is 0 Å². The summed E-state index contributed by atoms with van der Waals surface area (Å²) in [6, 6.07) is 51.8. The zero-order valence-electron chi connectivity index (χ0n) is 56.0. The molecule has 0 unspecified atom stereocenters. The van der Waals surface area contributed by atoms with Gasteiger partial charge in [-0.3, -0.25) is 0 Å². The van der Waals surface area contributed by atoms with Crippen LogP contribution in [0, 0.1) is 71.0 Å². The standard InChI is InChI=1S/C87H90NO6/c1-86(2)66-81(67-87(3,4)88(86)90)94-85(89)78-64-82-76-54-46-72(47-55-76)42-44-74-50-58-79(59-51-74)92-62-28-22-18-14-10-6-8-12-16-20-24-30-68-34-38-70(39-35-68)32-26-27-33-71-40-36-69(37-41-71)31-25-21-17-13-9-7-11-15-19-23-29-63-93-80-60-52-75(53-61-80)45-43-73-48-56-77(57-49-73)83(65-78)84(82)91-5/h34-41,46-61,64-65,81H,6-23,28-29,62-63,66-67H2,1-5H3. The van der Waals surface area contributed by atoms with Crippen LogP contribution in [0.2, 0.25) is 0 Å². The number of rotatable bonds is 3. The molecule has 7 aromatic carbocycles. The normalized spacial score (nSPS) is 16.5. The number of hydrogen-bond donors (Lipinski definition) is 0. The molecule has 14 bridgehead atoms. The molecule has 1 radical (unpaired) electrons. The molecule has 0 amide bonds. The molecule has 0 N–H and O–H groups in total. The molecule has 94 heavy (non-hydrogen) atoms. The first-order valence-corrected chi connectivity index (χ1v) is 34.2. The topological polar surface area (TPSA) is 77.1 Å². The lowest BCUT2D eigenvalue weighted by Crippen LogP contribution is -2.60. The molecule has 7 heteroatoms. The van der Waals surface area contributed by atoms with E-state index >= 15 is 0 Å². The van der Waals surface area contributed by atoms with Gasteiger partial charge in [0.1, 0.15) is 23.4 Å². The second-order valence-electron chi connectivity index (χ2n) is 26.0. The van der Waals surface area contributed by atoms with Gasteiger partial charge in [0.25, 0.3) is 0 Å². The van der Waals surface area contributed by atoms with Crippen molar-refractivity contribution in [3.8, 4) is 111 Å². The predicted octanol–water partition coefficient (Wildman–Crippen LogP) is 19.7. The van der Waals surface area contributed by atoms with E-state index in [-0.39, 0.29) is 0 Å². The Morgan fingerprint density at radius 1 is 0.404 bits per heavy atom. The molecule has 10 heterocycles. The minimum atomic E-state index is -0.702. The van der Waals surface area contributed by atoms with Crippen molar-refractivity contribution in [1.29, 1.82) is 0 Å². The molecular formula is C87H90NO6. The summed E-state index contributed by atoms with van der Waals surface area (Å²) in [6.07, 6.45) is 23.9.